The van der Waals surface area contributed by atoms with Crippen molar-refractivity contribution in [1.82, 2.24) is 9.97 Å². The summed E-state index contributed by atoms with van der Waals surface area (Å²) in [6, 6.07) is 4.99. The van der Waals surface area contributed by atoms with Crippen molar-refractivity contribution in [2.45, 2.75) is 6.18 Å². The van der Waals surface area contributed by atoms with Crippen molar-refractivity contribution < 1.29 is 35.8 Å². The van der Waals surface area contributed by atoms with Gasteiger partial charge < -0.3 is 14.5 Å². The maximum atomic E-state index is 14.4. The lowest BCUT2D eigenvalue weighted by molar-refractivity contribution is -0.140. The molecule has 170 valence electrons. The molecule has 0 aliphatic carbocycles. The number of halogens is 6. The molecule has 0 atom stereocenters. The van der Waals surface area contributed by atoms with Crippen LogP contribution in [0.4, 0.5) is 26.3 Å². The van der Waals surface area contributed by atoms with Crippen molar-refractivity contribution in [1.29, 1.82) is 0 Å². The highest BCUT2D eigenvalue weighted by Gasteiger charge is 2.36. The molecule has 0 fully saturated rings. The van der Waals surface area contributed by atoms with Crippen LogP contribution in [0.3, 0.4) is 0 Å². The Balaban J connectivity index is 1.96. The van der Waals surface area contributed by atoms with Crippen molar-refractivity contribution in [3.8, 4) is 28.5 Å². The molecule has 2 heterocycles. The van der Waals surface area contributed by atoms with Gasteiger partial charge in [0.1, 0.15) is 11.6 Å². The van der Waals surface area contributed by atoms with Gasteiger partial charge in [-0.05, 0) is 30.3 Å². The fourth-order valence-corrected chi connectivity index (χ4v) is 3.20. The van der Waals surface area contributed by atoms with E-state index >= 15 is 0 Å². The number of ether oxygens (including phenoxy) is 2. The summed E-state index contributed by atoms with van der Waals surface area (Å²) in [5, 5.41) is 0.193. The molecule has 0 bridgehead atoms. The Kier molecular flexibility index (Phi) is 5.48. The molecule has 5 nitrogen and oxygen atoms in total. The van der Waals surface area contributed by atoms with E-state index in [9.17, 15) is 31.1 Å². The molecule has 0 aliphatic rings. The van der Waals surface area contributed by atoms with E-state index in [1.807, 2.05) is 0 Å². The van der Waals surface area contributed by atoms with E-state index in [1.54, 1.807) is 0 Å². The molecule has 4 rings (SSSR count). The van der Waals surface area contributed by atoms with Crippen LogP contribution in [-0.2, 0) is 6.18 Å². The minimum absolute atomic E-state index is 0.0807. The first kappa shape index (κ1) is 22.2. The van der Waals surface area contributed by atoms with Crippen molar-refractivity contribution >= 4 is 10.9 Å². The van der Waals surface area contributed by atoms with Crippen LogP contribution in [0.5, 0.6) is 17.2 Å². The number of alkyl halides is 3. The zero-order valence-electron chi connectivity index (χ0n) is 16.6. The number of fused-ring (bicyclic) bond motifs is 1. The van der Waals surface area contributed by atoms with Gasteiger partial charge in [-0.15, -0.1) is 0 Å². The van der Waals surface area contributed by atoms with Gasteiger partial charge in [0.2, 0.25) is 11.6 Å². The van der Waals surface area contributed by atoms with Crippen molar-refractivity contribution in [2.24, 2.45) is 0 Å². The van der Waals surface area contributed by atoms with Crippen LogP contribution in [0.1, 0.15) is 5.56 Å². The number of rotatable bonds is 4. The molecule has 0 amide bonds. The number of H-pyrrole nitrogens is 1. The summed E-state index contributed by atoms with van der Waals surface area (Å²) in [7, 11) is 1.01. The van der Waals surface area contributed by atoms with E-state index in [0.29, 0.717) is 18.2 Å². The predicted molar refractivity (Wildman–Crippen MR) is 106 cm³/mol. The number of nitrogens with one attached hydrogen (secondary N) is 1. The van der Waals surface area contributed by atoms with Crippen LogP contribution in [0, 0.1) is 17.5 Å². The Morgan fingerprint density at radius 3 is 2.42 bits per heavy atom. The molecule has 11 heteroatoms. The van der Waals surface area contributed by atoms with E-state index in [2.05, 4.69) is 9.97 Å². The molecule has 0 saturated carbocycles. The molecule has 33 heavy (non-hydrogen) atoms. The van der Waals surface area contributed by atoms with Crippen molar-refractivity contribution in [2.75, 3.05) is 7.11 Å². The second-order valence-corrected chi connectivity index (χ2v) is 6.79. The summed E-state index contributed by atoms with van der Waals surface area (Å²) in [6.45, 7) is 0. The zero-order valence-corrected chi connectivity index (χ0v) is 16.6. The molecule has 0 spiro atoms. The third kappa shape index (κ3) is 4.09. The minimum Gasteiger partial charge on any atom is -0.490 e. The Morgan fingerprint density at radius 2 is 1.73 bits per heavy atom. The monoisotopic (exact) mass is 466 g/mol. The van der Waals surface area contributed by atoms with E-state index in [0.717, 1.165) is 19.2 Å². The normalized spacial score (nSPS) is 11.6. The maximum Gasteiger partial charge on any atom is 0.419 e. The second-order valence-electron chi connectivity index (χ2n) is 6.79. The summed E-state index contributed by atoms with van der Waals surface area (Å²) in [4.78, 5) is 19.1. The van der Waals surface area contributed by atoms with Crippen LogP contribution in [0.15, 0.2) is 53.6 Å². The van der Waals surface area contributed by atoms with E-state index in [4.69, 9.17) is 9.47 Å². The average molecular weight is 466 g/mol. The number of nitrogens with zero attached hydrogens (tertiary/aromatic N) is 1. The minimum atomic E-state index is -5.08. The Bertz CT molecular complexity index is 1430. The van der Waals surface area contributed by atoms with Gasteiger partial charge in [0.15, 0.2) is 17.0 Å². The van der Waals surface area contributed by atoms with Gasteiger partial charge in [-0.25, -0.2) is 8.78 Å². The molecular formula is C22H12F6N2O3. The van der Waals surface area contributed by atoms with Gasteiger partial charge >= 0.3 is 6.18 Å². The highest BCUT2D eigenvalue weighted by molar-refractivity contribution is 5.81. The molecule has 1 N–H and O–H groups in total. The number of aromatic nitrogens is 2. The van der Waals surface area contributed by atoms with Gasteiger partial charge in [0.25, 0.3) is 0 Å². The number of pyridine rings is 2. The molecule has 4 aromatic rings. The highest BCUT2D eigenvalue weighted by Crippen LogP contribution is 2.42. The lowest BCUT2D eigenvalue weighted by Crippen LogP contribution is -2.10. The third-order valence-electron chi connectivity index (χ3n) is 4.73. The number of aromatic amines is 1. The largest absolute Gasteiger partial charge is 0.490 e. The first-order valence-electron chi connectivity index (χ1n) is 9.18. The molecule has 2 aromatic carbocycles. The fourth-order valence-electron chi connectivity index (χ4n) is 3.20. The molecule has 0 unspecified atom stereocenters. The molecule has 0 radical (unpaired) electrons. The average Bonchev–Trinajstić information content (AvgIpc) is 2.76. The first-order chi connectivity index (χ1) is 15.6. The van der Waals surface area contributed by atoms with Crippen molar-refractivity contribution in [3.63, 3.8) is 0 Å². The predicted octanol–water partition coefficient (Wildman–Crippen LogP) is 5.83. The van der Waals surface area contributed by atoms with Crippen LogP contribution in [-0.4, -0.2) is 17.1 Å². The summed E-state index contributed by atoms with van der Waals surface area (Å²) in [5.41, 5.74) is -2.27. The van der Waals surface area contributed by atoms with Gasteiger partial charge in [-0.1, -0.05) is 0 Å². The van der Waals surface area contributed by atoms with E-state index < -0.39 is 51.9 Å². The fraction of sp³-hybridized carbons (Fsp3) is 0.0909. The number of hydrogen-bond acceptors (Lipinski definition) is 4. The maximum absolute atomic E-state index is 14.4. The third-order valence-corrected chi connectivity index (χ3v) is 4.73. The molecule has 2 aromatic heterocycles. The zero-order chi connectivity index (χ0) is 23.9. The van der Waals surface area contributed by atoms with Crippen LogP contribution in [0.2, 0.25) is 0 Å². The van der Waals surface area contributed by atoms with E-state index in [1.165, 1.54) is 18.5 Å². The van der Waals surface area contributed by atoms with Crippen molar-refractivity contribution in [3.05, 3.63) is 82.0 Å². The Morgan fingerprint density at radius 1 is 0.970 bits per heavy atom. The quantitative estimate of drug-likeness (QED) is 0.385. The molecular weight excluding hydrogens is 454 g/mol. The number of hydrogen-bond donors (Lipinski definition) is 1. The van der Waals surface area contributed by atoms with Gasteiger partial charge in [0, 0.05) is 24.0 Å². The number of benzene rings is 2. The van der Waals surface area contributed by atoms with Crippen LogP contribution in [0.25, 0.3) is 22.2 Å². The first-order valence-corrected chi connectivity index (χ1v) is 9.18. The van der Waals surface area contributed by atoms with E-state index in [-0.39, 0.29) is 22.2 Å². The smallest absolute Gasteiger partial charge is 0.419 e. The van der Waals surface area contributed by atoms with Gasteiger partial charge in [-0.3, -0.25) is 9.78 Å². The van der Waals surface area contributed by atoms with Crippen LogP contribution >= 0.6 is 0 Å². The van der Waals surface area contributed by atoms with Gasteiger partial charge in [-0.2, -0.15) is 17.6 Å². The highest BCUT2D eigenvalue weighted by atomic mass is 19.4. The summed E-state index contributed by atoms with van der Waals surface area (Å²) < 4.78 is 92.3. The van der Waals surface area contributed by atoms with Crippen LogP contribution < -0.4 is 14.9 Å². The Hall–Kier alpha value is -4.02. The topological polar surface area (TPSA) is 64.2 Å². The number of methoxy groups -OCH3 is 1. The SMILES string of the molecule is COc1c(Oc2cc(C(F)(F)F)c(F)cc2-c2cc(=O)c3cnccc3[nH]2)ccc(F)c1F. The molecule has 0 aliphatic heterocycles. The van der Waals surface area contributed by atoms with Gasteiger partial charge in [0.05, 0.1) is 29.3 Å². The summed E-state index contributed by atoms with van der Waals surface area (Å²) in [6.07, 6.45) is -2.42. The standard InChI is InChI=1S/C22H12F6N2O3/c1-32-21-18(3-2-13(23)20(21)25)33-19-7-12(22(26,27)28)14(24)6-10(19)16-8-17(31)11-9-29-5-4-15(11)30-16/h2-9H,1H3,(H,30,31). The Labute approximate surface area is 181 Å². The lowest BCUT2D eigenvalue weighted by Gasteiger charge is -2.17. The second kappa shape index (κ2) is 8.15. The summed E-state index contributed by atoms with van der Waals surface area (Å²) in [5.74, 6) is -6.10. The summed E-state index contributed by atoms with van der Waals surface area (Å²) >= 11 is 0. The molecule has 0 saturated heterocycles. The lowest BCUT2D eigenvalue weighted by atomic mass is 10.0.